The zero-order valence-electron chi connectivity index (χ0n) is 15.4. The Kier molecular flexibility index (Phi) is 6.45. The lowest BCUT2D eigenvalue weighted by atomic mass is 9.89. The Balaban J connectivity index is 1.45. The van der Waals surface area contributed by atoms with Gasteiger partial charge in [-0.15, -0.1) is 0 Å². The number of ether oxygens (including phenoxy) is 1. The number of esters is 1. The molecule has 3 rings (SSSR count). The first-order chi connectivity index (χ1) is 12.7. The lowest BCUT2D eigenvalue weighted by molar-refractivity contribution is -0.134. The van der Waals surface area contributed by atoms with Crippen LogP contribution < -0.4 is 5.32 Å². The van der Waals surface area contributed by atoms with E-state index in [0.717, 1.165) is 19.4 Å². The molecule has 140 valence electrons. The van der Waals surface area contributed by atoms with Crippen LogP contribution in [0.3, 0.4) is 0 Å². The van der Waals surface area contributed by atoms with Crippen LogP contribution >= 0.6 is 0 Å². The first-order valence-electron chi connectivity index (χ1n) is 9.49. The van der Waals surface area contributed by atoms with Crippen molar-refractivity contribution in [3.05, 3.63) is 48.0 Å². The van der Waals surface area contributed by atoms with Crippen LogP contribution in [0.2, 0.25) is 0 Å². The highest BCUT2D eigenvalue weighted by Gasteiger charge is 2.42. The van der Waals surface area contributed by atoms with Gasteiger partial charge in [0.25, 0.3) is 0 Å². The molecule has 0 radical (unpaired) electrons. The summed E-state index contributed by atoms with van der Waals surface area (Å²) in [6, 6.07) is 11.6. The predicted octanol–water partition coefficient (Wildman–Crippen LogP) is 2.67. The fraction of sp³-hybridized carbons (Fsp3) is 0.524. The number of nitrogens with one attached hydrogen (secondary N) is 1. The van der Waals surface area contributed by atoms with Gasteiger partial charge >= 0.3 is 5.97 Å². The van der Waals surface area contributed by atoms with Crippen molar-refractivity contribution >= 4 is 11.9 Å². The Morgan fingerprint density at radius 1 is 1.19 bits per heavy atom. The summed E-state index contributed by atoms with van der Waals surface area (Å²) in [4.78, 5) is 26.1. The number of amides is 1. The van der Waals surface area contributed by atoms with Crippen molar-refractivity contribution < 1.29 is 14.3 Å². The molecule has 2 atom stereocenters. The average Bonchev–Trinajstić information content (AvgIpc) is 2.89. The van der Waals surface area contributed by atoms with E-state index < -0.39 is 0 Å². The number of nitrogens with zero attached hydrogens (tertiary/aromatic N) is 1. The maximum atomic E-state index is 12.5. The van der Waals surface area contributed by atoms with Gasteiger partial charge in [-0.05, 0) is 37.7 Å². The third kappa shape index (κ3) is 4.73. The molecule has 0 saturated carbocycles. The zero-order chi connectivity index (χ0) is 18.4. The number of fused-ring (bicyclic) bond motifs is 2. The van der Waals surface area contributed by atoms with Crippen LogP contribution in [0, 0.1) is 5.92 Å². The molecular formula is C21H28N2O3. The lowest BCUT2D eigenvalue weighted by Gasteiger charge is -2.38. The van der Waals surface area contributed by atoms with Crippen molar-refractivity contribution in [2.45, 2.75) is 50.7 Å². The molecule has 2 aliphatic heterocycles. The lowest BCUT2D eigenvalue weighted by Crippen LogP contribution is -2.46. The number of carbonyl (C=O) groups is 2. The van der Waals surface area contributed by atoms with E-state index in [1.54, 1.807) is 6.08 Å². The average molecular weight is 356 g/mol. The standard InChI is InChI=1S/C21H28N2O3/c1-26-20(24)9-5-6-12-22-21(25)17-13-18-10-11-19(14-17)23(18)15-16-7-3-2-4-8-16/h2-5,7-9,17-19H,6,10-15H2,1H3,(H,22,25)/b9-5+. The summed E-state index contributed by atoms with van der Waals surface area (Å²) in [5.74, 6) is -0.0875. The fourth-order valence-corrected chi connectivity index (χ4v) is 4.21. The van der Waals surface area contributed by atoms with Gasteiger partial charge in [0.1, 0.15) is 0 Å². The maximum Gasteiger partial charge on any atom is 0.330 e. The predicted molar refractivity (Wildman–Crippen MR) is 100 cm³/mol. The van der Waals surface area contributed by atoms with Gasteiger partial charge in [0, 0.05) is 37.2 Å². The van der Waals surface area contributed by atoms with Gasteiger partial charge in [-0.2, -0.15) is 0 Å². The summed E-state index contributed by atoms with van der Waals surface area (Å²) in [5.41, 5.74) is 1.35. The molecule has 1 amide bonds. The Morgan fingerprint density at radius 3 is 2.54 bits per heavy atom. The number of rotatable bonds is 7. The SMILES string of the molecule is COC(=O)/C=C/CCNC(=O)C1CC2CCC(C1)N2Cc1ccccc1. The molecule has 0 spiro atoms. The minimum Gasteiger partial charge on any atom is -0.466 e. The number of hydrogen-bond acceptors (Lipinski definition) is 4. The highest BCUT2D eigenvalue weighted by molar-refractivity contribution is 5.81. The van der Waals surface area contributed by atoms with Crippen LogP contribution in [0.25, 0.3) is 0 Å². The molecule has 1 aromatic carbocycles. The van der Waals surface area contributed by atoms with E-state index in [1.807, 2.05) is 0 Å². The van der Waals surface area contributed by atoms with Crippen molar-refractivity contribution in [3.63, 3.8) is 0 Å². The normalized spacial score (nSPS) is 25.3. The van der Waals surface area contributed by atoms with Crippen molar-refractivity contribution in [1.29, 1.82) is 0 Å². The van der Waals surface area contributed by atoms with Crippen LogP contribution in [-0.4, -0.2) is 42.5 Å². The van der Waals surface area contributed by atoms with Crippen LogP contribution in [-0.2, 0) is 20.9 Å². The first-order valence-corrected chi connectivity index (χ1v) is 9.49. The van der Waals surface area contributed by atoms with Gasteiger partial charge in [0.15, 0.2) is 0 Å². The summed E-state index contributed by atoms with van der Waals surface area (Å²) in [7, 11) is 1.35. The second-order valence-electron chi connectivity index (χ2n) is 7.22. The molecule has 0 aromatic heterocycles. The smallest absolute Gasteiger partial charge is 0.330 e. The maximum absolute atomic E-state index is 12.5. The van der Waals surface area contributed by atoms with E-state index in [1.165, 1.54) is 31.6 Å². The van der Waals surface area contributed by atoms with E-state index in [0.29, 0.717) is 25.0 Å². The zero-order valence-corrected chi connectivity index (χ0v) is 15.4. The van der Waals surface area contributed by atoms with Crippen molar-refractivity contribution in [2.75, 3.05) is 13.7 Å². The van der Waals surface area contributed by atoms with E-state index in [-0.39, 0.29) is 17.8 Å². The number of hydrogen-bond donors (Lipinski definition) is 1. The van der Waals surface area contributed by atoms with Crippen LogP contribution in [0.15, 0.2) is 42.5 Å². The molecule has 0 aliphatic carbocycles. The Bertz CT molecular complexity index is 630. The van der Waals surface area contributed by atoms with E-state index >= 15 is 0 Å². The van der Waals surface area contributed by atoms with E-state index in [9.17, 15) is 9.59 Å². The van der Waals surface area contributed by atoms with Gasteiger partial charge in [0.2, 0.25) is 5.91 Å². The van der Waals surface area contributed by atoms with E-state index in [4.69, 9.17) is 0 Å². The highest BCUT2D eigenvalue weighted by Crippen LogP contribution is 2.39. The Labute approximate surface area is 155 Å². The molecule has 5 nitrogen and oxygen atoms in total. The number of piperidine rings is 1. The van der Waals surface area contributed by atoms with Gasteiger partial charge in [-0.3, -0.25) is 9.69 Å². The summed E-state index contributed by atoms with van der Waals surface area (Å²) in [6.07, 6.45) is 8.07. The second-order valence-corrected chi connectivity index (χ2v) is 7.22. The summed E-state index contributed by atoms with van der Waals surface area (Å²) in [5, 5.41) is 3.02. The second kappa shape index (κ2) is 8.99. The summed E-state index contributed by atoms with van der Waals surface area (Å²) in [6.45, 7) is 1.55. The number of benzene rings is 1. The Hall–Kier alpha value is -2.14. The van der Waals surface area contributed by atoms with Crippen molar-refractivity contribution in [2.24, 2.45) is 5.92 Å². The summed E-state index contributed by atoms with van der Waals surface area (Å²) >= 11 is 0. The molecule has 2 unspecified atom stereocenters. The first kappa shape index (κ1) is 18.6. The highest BCUT2D eigenvalue weighted by atomic mass is 16.5. The van der Waals surface area contributed by atoms with Gasteiger partial charge in [0.05, 0.1) is 7.11 Å². The minimum absolute atomic E-state index is 0.115. The minimum atomic E-state index is -0.362. The molecule has 2 fully saturated rings. The van der Waals surface area contributed by atoms with Crippen LogP contribution in [0.1, 0.15) is 37.7 Å². The third-order valence-electron chi connectivity index (χ3n) is 5.53. The van der Waals surface area contributed by atoms with E-state index in [2.05, 4.69) is 45.3 Å². The molecule has 2 saturated heterocycles. The summed E-state index contributed by atoms with van der Waals surface area (Å²) < 4.78 is 4.54. The van der Waals surface area contributed by atoms with Crippen LogP contribution in [0.4, 0.5) is 0 Å². The monoisotopic (exact) mass is 356 g/mol. The third-order valence-corrected chi connectivity index (χ3v) is 5.53. The molecule has 1 N–H and O–H groups in total. The van der Waals surface area contributed by atoms with Gasteiger partial charge in [-0.25, -0.2) is 4.79 Å². The number of carbonyl (C=O) groups excluding carboxylic acids is 2. The molecule has 2 heterocycles. The topological polar surface area (TPSA) is 58.6 Å². The van der Waals surface area contributed by atoms with Gasteiger partial charge < -0.3 is 10.1 Å². The molecule has 2 aliphatic rings. The van der Waals surface area contributed by atoms with Crippen LogP contribution in [0.5, 0.6) is 0 Å². The molecule has 1 aromatic rings. The quantitative estimate of drug-likeness (QED) is 0.464. The van der Waals surface area contributed by atoms with Gasteiger partial charge in [-0.1, -0.05) is 36.4 Å². The molecule has 26 heavy (non-hydrogen) atoms. The molecular weight excluding hydrogens is 328 g/mol. The van der Waals surface area contributed by atoms with Crippen molar-refractivity contribution in [3.8, 4) is 0 Å². The largest absolute Gasteiger partial charge is 0.466 e. The number of methoxy groups -OCH3 is 1. The Morgan fingerprint density at radius 2 is 1.88 bits per heavy atom. The molecule has 2 bridgehead atoms. The van der Waals surface area contributed by atoms with Crippen molar-refractivity contribution in [1.82, 2.24) is 10.2 Å². The fourth-order valence-electron chi connectivity index (χ4n) is 4.21. The molecule has 5 heteroatoms.